The second-order valence-corrected chi connectivity index (χ2v) is 10.5. The Morgan fingerprint density at radius 2 is 1.66 bits per heavy atom. The first kappa shape index (κ1) is 24.6. The molecule has 178 valence electrons. The van der Waals surface area contributed by atoms with Gasteiger partial charge in [0, 0.05) is 38.6 Å². The van der Waals surface area contributed by atoms with Gasteiger partial charge in [0.2, 0.25) is 5.91 Å². The first-order chi connectivity index (χ1) is 15.2. The molecule has 0 aliphatic carbocycles. The number of nitrogens with zero attached hydrogens (tertiary/aromatic N) is 2. The van der Waals surface area contributed by atoms with Gasteiger partial charge in [-0.3, -0.25) is 9.69 Å². The molecule has 1 N–H and O–H groups in total. The average Bonchev–Trinajstić information content (AvgIpc) is 2.74. The lowest BCUT2D eigenvalue weighted by Crippen LogP contribution is -2.42. The zero-order valence-corrected chi connectivity index (χ0v) is 20.4. The standard InChI is InChI=1S/C26H41N3O3/c1-20-7-5-6-14-29(20)19-23-10-8-22(9-11-23)18-27-24(30)17-21-12-15-28(16-13-21)25(31)32-26(2,3)4/h8-11,20-21H,5-7,12-19H2,1-4H3,(H,27,30). The molecule has 6 heteroatoms. The Hall–Kier alpha value is -2.08. The largest absolute Gasteiger partial charge is 0.444 e. The Bertz CT molecular complexity index is 749. The van der Waals surface area contributed by atoms with Crippen molar-refractivity contribution in [2.24, 2.45) is 5.92 Å². The topological polar surface area (TPSA) is 61.9 Å². The second kappa shape index (κ2) is 11.2. The summed E-state index contributed by atoms with van der Waals surface area (Å²) in [7, 11) is 0. The molecule has 2 amide bonds. The minimum Gasteiger partial charge on any atom is -0.444 e. The molecule has 6 nitrogen and oxygen atoms in total. The molecular formula is C26H41N3O3. The molecule has 0 radical (unpaired) electrons. The van der Waals surface area contributed by atoms with E-state index in [1.54, 1.807) is 4.90 Å². The Kier molecular flexibility index (Phi) is 8.57. The van der Waals surface area contributed by atoms with Crippen molar-refractivity contribution in [2.75, 3.05) is 19.6 Å². The minimum atomic E-state index is -0.474. The first-order valence-corrected chi connectivity index (χ1v) is 12.3. The van der Waals surface area contributed by atoms with Crippen LogP contribution in [0.2, 0.25) is 0 Å². The molecule has 2 aliphatic heterocycles. The molecule has 2 heterocycles. The highest BCUT2D eigenvalue weighted by molar-refractivity contribution is 5.76. The van der Waals surface area contributed by atoms with E-state index in [2.05, 4.69) is 41.4 Å². The SMILES string of the molecule is CC1CCCCN1Cc1ccc(CNC(=O)CC2CCN(C(=O)OC(C)(C)C)CC2)cc1. The first-order valence-electron chi connectivity index (χ1n) is 12.3. The number of piperidine rings is 2. The molecule has 1 atom stereocenters. The van der Waals surface area contributed by atoms with E-state index in [9.17, 15) is 9.59 Å². The predicted molar refractivity (Wildman–Crippen MR) is 127 cm³/mol. The molecule has 32 heavy (non-hydrogen) atoms. The molecule has 0 spiro atoms. The van der Waals surface area contributed by atoms with E-state index in [-0.39, 0.29) is 12.0 Å². The van der Waals surface area contributed by atoms with Gasteiger partial charge in [0.15, 0.2) is 0 Å². The number of amides is 2. The van der Waals surface area contributed by atoms with Crippen LogP contribution in [0.1, 0.15) is 77.3 Å². The third kappa shape index (κ3) is 7.80. The van der Waals surface area contributed by atoms with E-state index in [0.29, 0.717) is 38.0 Å². The van der Waals surface area contributed by atoms with Crippen LogP contribution >= 0.6 is 0 Å². The number of likely N-dealkylation sites (tertiary alicyclic amines) is 2. The van der Waals surface area contributed by atoms with Crippen LogP contribution in [0, 0.1) is 5.92 Å². The summed E-state index contributed by atoms with van der Waals surface area (Å²) >= 11 is 0. The Morgan fingerprint density at radius 3 is 2.28 bits per heavy atom. The predicted octanol–water partition coefficient (Wildman–Crippen LogP) is 4.71. The minimum absolute atomic E-state index is 0.0898. The molecule has 0 saturated carbocycles. The maximum absolute atomic E-state index is 12.4. The van der Waals surface area contributed by atoms with Gasteiger partial charge >= 0.3 is 6.09 Å². The van der Waals surface area contributed by atoms with E-state index in [1.807, 2.05) is 20.8 Å². The molecule has 1 aromatic rings. The molecule has 0 bridgehead atoms. The van der Waals surface area contributed by atoms with Crippen molar-refractivity contribution in [3.8, 4) is 0 Å². The van der Waals surface area contributed by atoms with Crippen molar-refractivity contribution in [3.63, 3.8) is 0 Å². The van der Waals surface area contributed by atoms with E-state index in [0.717, 1.165) is 24.9 Å². The Balaban J connectivity index is 1.36. The molecule has 2 aliphatic rings. The third-order valence-corrected chi connectivity index (χ3v) is 6.58. The number of rotatable bonds is 6. The smallest absolute Gasteiger partial charge is 0.410 e. The fourth-order valence-electron chi connectivity index (χ4n) is 4.57. The van der Waals surface area contributed by atoms with Crippen molar-refractivity contribution in [2.45, 2.75) is 91.0 Å². The van der Waals surface area contributed by atoms with Gasteiger partial charge in [-0.2, -0.15) is 0 Å². The fourth-order valence-corrected chi connectivity index (χ4v) is 4.57. The van der Waals surface area contributed by atoms with Crippen LogP contribution in [0.25, 0.3) is 0 Å². The molecule has 3 rings (SSSR count). The lowest BCUT2D eigenvalue weighted by Gasteiger charge is -2.33. The lowest BCUT2D eigenvalue weighted by atomic mass is 9.93. The Morgan fingerprint density at radius 1 is 1.00 bits per heavy atom. The van der Waals surface area contributed by atoms with Gasteiger partial charge in [-0.1, -0.05) is 30.7 Å². The highest BCUT2D eigenvalue weighted by Crippen LogP contribution is 2.22. The quantitative estimate of drug-likeness (QED) is 0.691. The van der Waals surface area contributed by atoms with Gasteiger partial charge in [-0.15, -0.1) is 0 Å². The zero-order chi connectivity index (χ0) is 23.1. The van der Waals surface area contributed by atoms with Crippen LogP contribution in [0.4, 0.5) is 4.79 Å². The molecule has 1 aromatic carbocycles. The normalized spacial score (nSPS) is 20.8. The summed E-state index contributed by atoms with van der Waals surface area (Å²) in [5.74, 6) is 0.412. The van der Waals surface area contributed by atoms with Crippen LogP contribution < -0.4 is 5.32 Å². The monoisotopic (exact) mass is 443 g/mol. The summed E-state index contributed by atoms with van der Waals surface area (Å²) in [4.78, 5) is 28.9. The van der Waals surface area contributed by atoms with Crippen molar-refractivity contribution in [1.82, 2.24) is 15.1 Å². The molecule has 1 unspecified atom stereocenters. The zero-order valence-electron chi connectivity index (χ0n) is 20.4. The molecular weight excluding hydrogens is 402 g/mol. The van der Waals surface area contributed by atoms with Gasteiger partial charge < -0.3 is 15.0 Å². The number of benzene rings is 1. The van der Waals surface area contributed by atoms with E-state index >= 15 is 0 Å². The van der Waals surface area contributed by atoms with Crippen LogP contribution in [0.15, 0.2) is 24.3 Å². The summed E-state index contributed by atoms with van der Waals surface area (Å²) in [6.07, 6.45) is 5.90. The summed E-state index contributed by atoms with van der Waals surface area (Å²) < 4.78 is 5.44. The van der Waals surface area contributed by atoms with Gasteiger partial charge in [0.1, 0.15) is 5.60 Å². The average molecular weight is 444 g/mol. The van der Waals surface area contributed by atoms with Crippen LogP contribution in [-0.2, 0) is 22.6 Å². The summed E-state index contributed by atoms with van der Waals surface area (Å²) in [5, 5.41) is 3.06. The van der Waals surface area contributed by atoms with E-state index in [4.69, 9.17) is 4.74 Å². The van der Waals surface area contributed by atoms with E-state index < -0.39 is 5.60 Å². The van der Waals surface area contributed by atoms with Gasteiger partial charge in [-0.25, -0.2) is 4.79 Å². The summed E-state index contributed by atoms with van der Waals surface area (Å²) in [6, 6.07) is 9.30. The summed E-state index contributed by atoms with van der Waals surface area (Å²) in [5.41, 5.74) is 2.00. The number of hydrogen-bond donors (Lipinski definition) is 1. The molecule has 2 saturated heterocycles. The van der Waals surface area contributed by atoms with Crippen molar-refractivity contribution in [3.05, 3.63) is 35.4 Å². The van der Waals surface area contributed by atoms with Crippen molar-refractivity contribution < 1.29 is 14.3 Å². The molecule has 2 fully saturated rings. The highest BCUT2D eigenvalue weighted by Gasteiger charge is 2.27. The maximum Gasteiger partial charge on any atom is 0.410 e. The fraction of sp³-hybridized carbons (Fsp3) is 0.692. The number of carbonyl (C=O) groups is 2. The Labute approximate surface area is 193 Å². The highest BCUT2D eigenvalue weighted by atomic mass is 16.6. The number of carbonyl (C=O) groups excluding carboxylic acids is 2. The number of hydrogen-bond acceptors (Lipinski definition) is 4. The van der Waals surface area contributed by atoms with Crippen molar-refractivity contribution >= 4 is 12.0 Å². The van der Waals surface area contributed by atoms with Gasteiger partial charge in [0.05, 0.1) is 0 Å². The number of ether oxygens (including phenoxy) is 1. The van der Waals surface area contributed by atoms with Crippen LogP contribution in [-0.4, -0.2) is 53.1 Å². The third-order valence-electron chi connectivity index (χ3n) is 6.58. The second-order valence-electron chi connectivity index (χ2n) is 10.5. The van der Waals surface area contributed by atoms with Gasteiger partial charge in [0.25, 0.3) is 0 Å². The molecule has 0 aromatic heterocycles. The van der Waals surface area contributed by atoms with Crippen LogP contribution in [0.5, 0.6) is 0 Å². The van der Waals surface area contributed by atoms with Gasteiger partial charge in [-0.05, 0) is 77.0 Å². The van der Waals surface area contributed by atoms with E-state index in [1.165, 1.54) is 31.4 Å². The summed E-state index contributed by atoms with van der Waals surface area (Å²) in [6.45, 7) is 12.0. The number of nitrogens with one attached hydrogen (secondary N) is 1. The maximum atomic E-state index is 12.4. The lowest BCUT2D eigenvalue weighted by molar-refractivity contribution is -0.122. The van der Waals surface area contributed by atoms with Crippen molar-refractivity contribution in [1.29, 1.82) is 0 Å². The van der Waals surface area contributed by atoms with Crippen LogP contribution in [0.3, 0.4) is 0 Å².